The van der Waals surface area contributed by atoms with Crippen LogP contribution in [0.3, 0.4) is 0 Å². The van der Waals surface area contributed by atoms with Gasteiger partial charge in [-0.3, -0.25) is 9.59 Å². The summed E-state index contributed by atoms with van der Waals surface area (Å²) in [5.41, 5.74) is -0.620. The number of carbonyl (C=O) groups is 2. The molecule has 1 heterocycles. The van der Waals surface area contributed by atoms with E-state index >= 15 is 0 Å². The molecule has 1 N–H and O–H groups in total. The van der Waals surface area contributed by atoms with E-state index < -0.39 is 5.60 Å². The number of nitrogens with one attached hydrogen (secondary N) is 1. The smallest absolute Gasteiger partial charge is 0.217 e. The number of ketones is 1. The largest absolute Gasteiger partial charge is 0.358 e. The van der Waals surface area contributed by atoms with Crippen molar-refractivity contribution in [2.45, 2.75) is 44.9 Å². The molecule has 4 nitrogen and oxygen atoms in total. The van der Waals surface area contributed by atoms with E-state index in [4.69, 9.17) is 4.74 Å². The molecule has 4 atom stereocenters. The highest BCUT2D eigenvalue weighted by Gasteiger charge is 2.65. The lowest BCUT2D eigenvalue weighted by atomic mass is 9.79. The van der Waals surface area contributed by atoms with E-state index in [0.29, 0.717) is 12.3 Å². The third kappa shape index (κ3) is 1.25. The number of epoxide rings is 1. The summed E-state index contributed by atoms with van der Waals surface area (Å²) in [4.78, 5) is 22.7. The Balaban J connectivity index is 2.12. The van der Waals surface area contributed by atoms with Crippen LogP contribution in [-0.4, -0.2) is 29.4 Å². The molecular weight excluding hydrogens is 182 g/mol. The minimum absolute atomic E-state index is 0.0239. The van der Waals surface area contributed by atoms with Crippen molar-refractivity contribution in [3.63, 3.8) is 0 Å². The molecule has 2 rings (SSSR count). The molecule has 1 amide bonds. The highest BCUT2D eigenvalue weighted by molar-refractivity contribution is 5.97. The topological polar surface area (TPSA) is 58.7 Å². The second-order valence-corrected chi connectivity index (χ2v) is 4.48. The lowest BCUT2D eigenvalue weighted by Crippen LogP contribution is -2.50. The molecule has 78 valence electrons. The minimum Gasteiger partial charge on any atom is -0.358 e. The predicted octanol–water partition coefficient (Wildman–Crippen LogP) is 0.258. The second-order valence-electron chi connectivity index (χ2n) is 4.48. The summed E-state index contributed by atoms with van der Waals surface area (Å²) in [6.07, 6.45) is 0.763. The maximum absolute atomic E-state index is 11.8. The highest BCUT2D eigenvalue weighted by Crippen LogP contribution is 2.47. The monoisotopic (exact) mass is 197 g/mol. The van der Waals surface area contributed by atoms with E-state index in [9.17, 15) is 9.59 Å². The van der Waals surface area contributed by atoms with Crippen molar-refractivity contribution in [2.75, 3.05) is 0 Å². The summed E-state index contributed by atoms with van der Waals surface area (Å²) < 4.78 is 5.40. The van der Waals surface area contributed by atoms with Crippen LogP contribution in [-0.2, 0) is 14.3 Å². The van der Waals surface area contributed by atoms with Gasteiger partial charge in [0.05, 0.1) is 12.1 Å². The molecule has 0 aromatic rings. The molecule has 0 bridgehead atoms. The lowest BCUT2D eigenvalue weighted by Gasteiger charge is -2.26. The Morgan fingerprint density at radius 3 is 2.86 bits per heavy atom. The fourth-order valence-corrected chi connectivity index (χ4v) is 2.41. The molecule has 0 aromatic carbocycles. The van der Waals surface area contributed by atoms with Crippen molar-refractivity contribution in [2.24, 2.45) is 5.92 Å². The van der Waals surface area contributed by atoms with Crippen LogP contribution in [0.15, 0.2) is 0 Å². The van der Waals surface area contributed by atoms with Crippen molar-refractivity contribution < 1.29 is 14.3 Å². The van der Waals surface area contributed by atoms with Crippen LogP contribution in [0.25, 0.3) is 0 Å². The number of hydrogen-bond acceptors (Lipinski definition) is 3. The second kappa shape index (κ2) is 2.79. The van der Waals surface area contributed by atoms with Crippen LogP contribution in [0.1, 0.15) is 27.2 Å². The van der Waals surface area contributed by atoms with E-state index in [-0.39, 0.29) is 23.8 Å². The van der Waals surface area contributed by atoms with Crippen LogP contribution < -0.4 is 5.32 Å². The van der Waals surface area contributed by atoms with Crippen molar-refractivity contribution in [3.8, 4) is 0 Å². The van der Waals surface area contributed by atoms with E-state index in [1.807, 2.05) is 6.92 Å². The van der Waals surface area contributed by atoms with Gasteiger partial charge in [-0.05, 0) is 19.3 Å². The maximum atomic E-state index is 11.8. The Labute approximate surface area is 83.0 Å². The zero-order valence-electron chi connectivity index (χ0n) is 8.66. The van der Waals surface area contributed by atoms with Gasteiger partial charge < -0.3 is 10.1 Å². The standard InChI is InChI=1S/C10H15NO3/c1-5-4-7(11-6(2)12)8(13)10(3)9(5)14-10/h5,7,9H,4H2,1-3H3,(H,11,12). The van der Waals surface area contributed by atoms with Crippen LogP contribution in [0.4, 0.5) is 0 Å². The average Bonchev–Trinajstić information content (AvgIpc) is 2.75. The number of rotatable bonds is 1. The van der Waals surface area contributed by atoms with Crippen molar-refractivity contribution >= 4 is 11.7 Å². The molecule has 4 heteroatoms. The summed E-state index contributed by atoms with van der Waals surface area (Å²) in [6.45, 7) is 5.29. The molecule has 1 aliphatic carbocycles. The van der Waals surface area contributed by atoms with Crippen molar-refractivity contribution in [3.05, 3.63) is 0 Å². The number of ether oxygens (including phenoxy) is 1. The van der Waals surface area contributed by atoms with Gasteiger partial charge in [0.15, 0.2) is 11.4 Å². The van der Waals surface area contributed by atoms with Crippen molar-refractivity contribution in [1.82, 2.24) is 5.32 Å². The summed E-state index contributed by atoms with van der Waals surface area (Å²) in [6, 6.07) is -0.355. The first kappa shape index (κ1) is 9.65. The van der Waals surface area contributed by atoms with E-state index in [1.54, 1.807) is 0 Å². The molecule has 0 aromatic heterocycles. The SMILES string of the molecule is CC(=O)NC1CC(C)C2OC2(C)C1=O. The first-order valence-corrected chi connectivity index (χ1v) is 4.94. The Morgan fingerprint density at radius 2 is 2.29 bits per heavy atom. The Morgan fingerprint density at radius 1 is 1.64 bits per heavy atom. The predicted molar refractivity (Wildman–Crippen MR) is 49.7 cm³/mol. The van der Waals surface area contributed by atoms with E-state index in [1.165, 1.54) is 6.92 Å². The summed E-state index contributed by atoms with van der Waals surface area (Å²) in [5, 5.41) is 2.68. The van der Waals surface area contributed by atoms with Gasteiger partial charge in [-0.1, -0.05) is 6.92 Å². The van der Waals surface area contributed by atoms with Gasteiger partial charge in [0.1, 0.15) is 0 Å². The quantitative estimate of drug-likeness (QED) is 0.613. The third-order valence-electron chi connectivity index (χ3n) is 3.17. The lowest BCUT2D eigenvalue weighted by molar-refractivity contribution is -0.130. The summed E-state index contributed by atoms with van der Waals surface area (Å²) in [5.74, 6) is 0.212. The first-order valence-electron chi connectivity index (χ1n) is 4.94. The van der Waals surface area contributed by atoms with Gasteiger partial charge in [-0.15, -0.1) is 0 Å². The van der Waals surface area contributed by atoms with Crippen LogP contribution >= 0.6 is 0 Å². The van der Waals surface area contributed by atoms with E-state index in [0.717, 1.165) is 0 Å². The molecule has 14 heavy (non-hydrogen) atoms. The molecule has 2 aliphatic rings. The molecule has 2 fully saturated rings. The Bertz CT molecular complexity index is 302. The van der Waals surface area contributed by atoms with Gasteiger partial charge >= 0.3 is 0 Å². The average molecular weight is 197 g/mol. The number of fused-ring (bicyclic) bond motifs is 1. The van der Waals surface area contributed by atoms with Gasteiger partial charge in [0.2, 0.25) is 5.91 Å². The molecule has 0 radical (unpaired) electrons. The zero-order valence-corrected chi connectivity index (χ0v) is 8.66. The first-order chi connectivity index (χ1) is 6.45. The fraction of sp³-hybridized carbons (Fsp3) is 0.800. The van der Waals surface area contributed by atoms with Gasteiger partial charge in [-0.25, -0.2) is 0 Å². The number of amides is 1. The molecule has 4 unspecified atom stereocenters. The molecule has 1 aliphatic heterocycles. The van der Waals surface area contributed by atoms with Crippen molar-refractivity contribution in [1.29, 1.82) is 0 Å². The maximum Gasteiger partial charge on any atom is 0.217 e. The minimum atomic E-state index is -0.620. The number of hydrogen-bond donors (Lipinski definition) is 1. The number of Topliss-reactive ketones (excluding diaryl/α,β-unsaturated/α-hetero) is 1. The molecular formula is C10H15NO3. The van der Waals surface area contributed by atoms with Crippen LogP contribution in [0.5, 0.6) is 0 Å². The van der Waals surface area contributed by atoms with Crippen LogP contribution in [0.2, 0.25) is 0 Å². The normalized spacial score (nSPS) is 45.6. The summed E-state index contributed by atoms with van der Waals surface area (Å²) >= 11 is 0. The molecule has 1 saturated carbocycles. The Hall–Kier alpha value is -0.900. The third-order valence-corrected chi connectivity index (χ3v) is 3.17. The van der Waals surface area contributed by atoms with E-state index in [2.05, 4.69) is 12.2 Å². The fourth-order valence-electron chi connectivity index (χ4n) is 2.41. The van der Waals surface area contributed by atoms with Gasteiger partial charge in [-0.2, -0.15) is 0 Å². The van der Waals surface area contributed by atoms with Gasteiger partial charge in [0.25, 0.3) is 0 Å². The highest BCUT2D eigenvalue weighted by atomic mass is 16.6. The number of carbonyl (C=O) groups excluding carboxylic acids is 2. The molecule has 0 spiro atoms. The zero-order chi connectivity index (χ0) is 10.5. The van der Waals surface area contributed by atoms with Gasteiger partial charge in [0, 0.05) is 6.92 Å². The summed E-state index contributed by atoms with van der Waals surface area (Å²) in [7, 11) is 0. The Kier molecular flexibility index (Phi) is 1.93. The molecule has 1 saturated heterocycles. The van der Waals surface area contributed by atoms with Crippen LogP contribution in [0, 0.1) is 5.92 Å².